The van der Waals surface area contributed by atoms with Gasteiger partial charge in [-0.2, -0.15) is 5.10 Å². The van der Waals surface area contributed by atoms with E-state index in [9.17, 15) is 4.79 Å². The summed E-state index contributed by atoms with van der Waals surface area (Å²) in [6, 6.07) is 7.90. The predicted molar refractivity (Wildman–Crippen MR) is 118 cm³/mol. The molecule has 1 aromatic carbocycles. The number of hydrogen-bond donors (Lipinski definition) is 2. The maximum absolute atomic E-state index is 12.4. The maximum atomic E-state index is 12.4. The van der Waals surface area contributed by atoms with E-state index >= 15 is 0 Å². The van der Waals surface area contributed by atoms with E-state index in [4.69, 9.17) is 9.47 Å². The van der Waals surface area contributed by atoms with Crippen LogP contribution < -0.4 is 10.3 Å². The molecule has 8 nitrogen and oxygen atoms in total. The van der Waals surface area contributed by atoms with Crippen LogP contribution in [0.15, 0.2) is 29.1 Å². The number of ether oxygens (including phenoxy) is 2. The van der Waals surface area contributed by atoms with E-state index in [1.807, 2.05) is 38.1 Å². The predicted octanol–water partition coefficient (Wildman–Crippen LogP) is 2.49. The Labute approximate surface area is 181 Å². The lowest BCUT2D eigenvalue weighted by Gasteiger charge is -2.26. The molecule has 1 fully saturated rings. The van der Waals surface area contributed by atoms with Crippen LogP contribution >= 0.6 is 12.4 Å². The number of halogens is 1. The molecule has 3 heterocycles. The minimum atomic E-state index is -0.223. The molecule has 0 atom stereocenters. The largest absolute Gasteiger partial charge is 0.492 e. The molecule has 30 heavy (non-hydrogen) atoms. The number of morpholine rings is 1. The number of nitrogens with one attached hydrogen (secondary N) is 2. The minimum absolute atomic E-state index is 0. The highest BCUT2D eigenvalue weighted by Gasteiger charge is 2.16. The van der Waals surface area contributed by atoms with Crippen molar-refractivity contribution in [2.45, 2.75) is 26.2 Å². The molecule has 0 bridgehead atoms. The SMILES string of the molecule is CC(C)c1[nH]nc2c(=O)[nH]c(Cc3ccccc3OCCN3CCOCC3)nc12.Cl. The number of hydrogen-bond acceptors (Lipinski definition) is 6. The number of para-hydroxylation sites is 1. The topological polar surface area (TPSA) is 96.1 Å². The number of aromatic amines is 2. The molecule has 0 radical (unpaired) electrons. The Kier molecular flexibility index (Phi) is 7.47. The molecule has 1 aliphatic rings. The van der Waals surface area contributed by atoms with Crippen molar-refractivity contribution in [3.05, 3.63) is 51.7 Å². The monoisotopic (exact) mass is 433 g/mol. The van der Waals surface area contributed by atoms with Gasteiger partial charge >= 0.3 is 0 Å². The molecule has 0 saturated carbocycles. The fraction of sp³-hybridized carbons (Fsp3) is 0.476. The molecular weight excluding hydrogens is 406 g/mol. The van der Waals surface area contributed by atoms with Crippen molar-refractivity contribution < 1.29 is 9.47 Å². The quantitative estimate of drug-likeness (QED) is 0.594. The molecule has 9 heteroatoms. The number of rotatable bonds is 7. The molecule has 0 unspecified atom stereocenters. The van der Waals surface area contributed by atoms with Gasteiger partial charge in [-0.25, -0.2) is 4.98 Å². The van der Waals surface area contributed by atoms with Crippen LogP contribution in [-0.4, -0.2) is 64.5 Å². The smallest absolute Gasteiger partial charge is 0.279 e. The summed E-state index contributed by atoms with van der Waals surface area (Å²) in [4.78, 5) is 22.3. The van der Waals surface area contributed by atoms with Crippen molar-refractivity contribution in [2.24, 2.45) is 0 Å². The highest BCUT2D eigenvalue weighted by molar-refractivity contribution is 5.85. The van der Waals surface area contributed by atoms with Crippen LogP contribution in [0, 0.1) is 0 Å². The third kappa shape index (κ3) is 5.00. The van der Waals surface area contributed by atoms with Crippen molar-refractivity contribution in [3.8, 4) is 5.75 Å². The van der Waals surface area contributed by atoms with E-state index in [1.165, 1.54) is 0 Å². The van der Waals surface area contributed by atoms with Crippen LogP contribution in [-0.2, 0) is 11.2 Å². The second-order valence-corrected chi connectivity index (χ2v) is 7.59. The maximum Gasteiger partial charge on any atom is 0.279 e. The Morgan fingerprint density at radius 3 is 2.73 bits per heavy atom. The summed E-state index contributed by atoms with van der Waals surface area (Å²) in [6.45, 7) is 9.03. The van der Waals surface area contributed by atoms with E-state index in [1.54, 1.807) is 0 Å². The van der Waals surface area contributed by atoms with Crippen molar-refractivity contribution in [1.82, 2.24) is 25.1 Å². The van der Waals surface area contributed by atoms with Crippen LogP contribution in [0.5, 0.6) is 5.75 Å². The zero-order chi connectivity index (χ0) is 20.2. The number of benzene rings is 1. The second kappa shape index (κ2) is 10.1. The molecule has 3 aromatic rings. The van der Waals surface area contributed by atoms with E-state index in [-0.39, 0.29) is 23.9 Å². The fourth-order valence-corrected chi connectivity index (χ4v) is 3.54. The first-order chi connectivity index (χ1) is 14.1. The van der Waals surface area contributed by atoms with E-state index in [0.717, 1.165) is 49.9 Å². The average Bonchev–Trinajstić information content (AvgIpc) is 3.15. The lowest BCUT2D eigenvalue weighted by molar-refractivity contribution is 0.0322. The number of H-pyrrole nitrogens is 2. The molecule has 0 spiro atoms. The normalized spacial score (nSPS) is 14.8. The van der Waals surface area contributed by atoms with Crippen molar-refractivity contribution in [3.63, 3.8) is 0 Å². The lowest BCUT2D eigenvalue weighted by Crippen LogP contribution is -2.38. The van der Waals surface area contributed by atoms with E-state index < -0.39 is 0 Å². The van der Waals surface area contributed by atoms with Crippen LogP contribution in [0.3, 0.4) is 0 Å². The Balaban J connectivity index is 0.00000256. The summed E-state index contributed by atoms with van der Waals surface area (Å²) in [5.41, 5.74) is 2.64. The Morgan fingerprint density at radius 2 is 1.97 bits per heavy atom. The Hall–Kier alpha value is -2.42. The standard InChI is InChI=1S/C21H27N5O3.ClH/c1-14(2)18-19-20(25-24-18)21(27)23-17(22-19)13-15-5-3-4-6-16(15)29-12-9-26-7-10-28-11-8-26;/h3-6,14H,7-13H2,1-2H3,(H,24,25)(H,22,23,27);1H. The number of aromatic nitrogens is 4. The summed E-state index contributed by atoms with van der Waals surface area (Å²) in [7, 11) is 0. The summed E-state index contributed by atoms with van der Waals surface area (Å²) >= 11 is 0. The fourth-order valence-electron chi connectivity index (χ4n) is 3.54. The summed E-state index contributed by atoms with van der Waals surface area (Å²) in [5, 5.41) is 7.07. The van der Waals surface area contributed by atoms with Gasteiger partial charge < -0.3 is 14.5 Å². The van der Waals surface area contributed by atoms with Gasteiger partial charge in [-0.1, -0.05) is 32.0 Å². The summed E-state index contributed by atoms with van der Waals surface area (Å²) < 4.78 is 11.4. The summed E-state index contributed by atoms with van der Waals surface area (Å²) in [5.74, 6) is 1.63. The molecule has 2 N–H and O–H groups in total. The average molecular weight is 434 g/mol. The molecule has 1 saturated heterocycles. The zero-order valence-electron chi connectivity index (χ0n) is 17.3. The van der Waals surface area contributed by atoms with Crippen LogP contribution in [0.1, 0.15) is 36.8 Å². The van der Waals surface area contributed by atoms with Crippen molar-refractivity contribution in [1.29, 1.82) is 0 Å². The van der Waals surface area contributed by atoms with Gasteiger partial charge in [-0.3, -0.25) is 14.8 Å². The van der Waals surface area contributed by atoms with Crippen LogP contribution in [0.2, 0.25) is 0 Å². The lowest BCUT2D eigenvalue weighted by atomic mass is 10.1. The molecule has 4 rings (SSSR count). The van der Waals surface area contributed by atoms with Crippen LogP contribution in [0.25, 0.3) is 11.0 Å². The van der Waals surface area contributed by atoms with E-state index in [2.05, 4.69) is 25.1 Å². The second-order valence-electron chi connectivity index (χ2n) is 7.59. The van der Waals surface area contributed by atoms with Gasteiger partial charge in [0.15, 0.2) is 5.52 Å². The molecule has 0 aliphatic carbocycles. The van der Waals surface area contributed by atoms with Crippen LogP contribution in [0.4, 0.5) is 0 Å². The van der Waals surface area contributed by atoms with Gasteiger partial charge in [0.25, 0.3) is 5.56 Å². The zero-order valence-corrected chi connectivity index (χ0v) is 18.1. The minimum Gasteiger partial charge on any atom is -0.492 e. The van der Waals surface area contributed by atoms with Crippen molar-refractivity contribution >= 4 is 23.4 Å². The first kappa shape index (κ1) is 22.3. The molecule has 0 amide bonds. The van der Waals surface area contributed by atoms with Gasteiger partial charge in [0.2, 0.25) is 0 Å². The van der Waals surface area contributed by atoms with Gasteiger partial charge in [-0.15, -0.1) is 12.4 Å². The Bertz CT molecular complexity index is 1030. The molecular formula is C21H28ClN5O3. The third-order valence-electron chi connectivity index (χ3n) is 5.16. The molecule has 1 aliphatic heterocycles. The number of nitrogens with zero attached hydrogens (tertiary/aromatic N) is 3. The van der Waals surface area contributed by atoms with Crippen molar-refractivity contribution in [2.75, 3.05) is 39.5 Å². The molecule has 2 aromatic heterocycles. The highest BCUT2D eigenvalue weighted by atomic mass is 35.5. The molecule has 162 valence electrons. The highest BCUT2D eigenvalue weighted by Crippen LogP contribution is 2.22. The Morgan fingerprint density at radius 1 is 1.20 bits per heavy atom. The van der Waals surface area contributed by atoms with Gasteiger partial charge in [-0.05, 0) is 12.0 Å². The summed E-state index contributed by atoms with van der Waals surface area (Å²) in [6.07, 6.45) is 0.488. The first-order valence-corrected chi connectivity index (χ1v) is 10.1. The number of fused-ring (bicyclic) bond motifs is 1. The van der Waals surface area contributed by atoms with Gasteiger partial charge in [0, 0.05) is 31.6 Å². The van der Waals surface area contributed by atoms with Gasteiger partial charge in [0.05, 0.1) is 18.9 Å². The van der Waals surface area contributed by atoms with E-state index in [0.29, 0.717) is 29.9 Å². The first-order valence-electron chi connectivity index (χ1n) is 10.1. The third-order valence-corrected chi connectivity index (χ3v) is 5.16. The van der Waals surface area contributed by atoms with Gasteiger partial charge in [0.1, 0.15) is 23.7 Å².